The summed E-state index contributed by atoms with van der Waals surface area (Å²) in [5.74, 6) is 0.283. The van der Waals surface area contributed by atoms with E-state index in [0.29, 0.717) is 27.6 Å². The van der Waals surface area contributed by atoms with E-state index in [0.717, 1.165) is 0 Å². The number of nitrogens with zero attached hydrogens (tertiary/aromatic N) is 1. The van der Waals surface area contributed by atoms with Crippen molar-refractivity contribution in [1.82, 2.24) is 0 Å². The molecule has 0 aliphatic carbocycles. The van der Waals surface area contributed by atoms with E-state index >= 15 is 0 Å². The van der Waals surface area contributed by atoms with Crippen LogP contribution in [0.25, 0.3) is 0 Å². The Morgan fingerprint density at radius 2 is 1.95 bits per heavy atom. The van der Waals surface area contributed by atoms with Crippen molar-refractivity contribution < 1.29 is 9.13 Å². The van der Waals surface area contributed by atoms with Gasteiger partial charge in [0.15, 0.2) is 0 Å². The summed E-state index contributed by atoms with van der Waals surface area (Å²) in [7, 11) is -1.29. The first-order valence-electron chi connectivity index (χ1n) is 6.14. The van der Waals surface area contributed by atoms with Crippen LogP contribution in [0.5, 0.6) is 0 Å². The Kier molecular flexibility index (Phi) is 4.93. The van der Waals surface area contributed by atoms with Crippen molar-refractivity contribution in [3.05, 3.63) is 63.2 Å². The lowest BCUT2D eigenvalue weighted by atomic mass is 10.1. The Bertz CT molecular complexity index is 706. The molecular formula is C14H13ClN2O3S. The van der Waals surface area contributed by atoms with Crippen LogP contribution in [0.2, 0.25) is 5.02 Å². The number of nitrogen functional groups attached to an aromatic ring is 1. The number of para-hydroxylation sites is 1. The highest BCUT2D eigenvalue weighted by Crippen LogP contribution is 2.23. The Morgan fingerprint density at radius 3 is 2.62 bits per heavy atom. The number of rotatable bonds is 5. The molecule has 5 nitrogen and oxygen atoms in total. The molecule has 1 unspecified atom stereocenters. The normalized spacial score (nSPS) is 12.0. The van der Waals surface area contributed by atoms with Gasteiger partial charge in [-0.05, 0) is 24.6 Å². The highest BCUT2D eigenvalue weighted by Gasteiger charge is 2.14. The molecule has 0 heterocycles. The molecule has 0 fully saturated rings. The smallest absolute Gasteiger partial charge is 0.272 e. The summed E-state index contributed by atoms with van der Waals surface area (Å²) >= 11 is 5.89. The molecule has 0 spiro atoms. The van der Waals surface area contributed by atoms with Gasteiger partial charge in [0.05, 0.1) is 26.4 Å². The fraction of sp³-hybridized carbons (Fsp3) is 0.143. The number of nitro groups is 1. The van der Waals surface area contributed by atoms with Crippen LogP contribution in [-0.4, -0.2) is 14.9 Å². The van der Waals surface area contributed by atoms with Gasteiger partial charge >= 0.3 is 0 Å². The minimum absolute atomic E-state index is 0.0461. The molecule has 0 saturated heterocycles. The molecule has 0 radical (unpaired) electrons. The highest BCUT2D eigenvalue weighted by molar-refractivity contribution is 7.85. The van der Waals surface area contributed by atoms with E-state index in [1.807, 2.05) is 0 Å². The second-order valence-corrected chi connectivity index (χ2v) is 6.35. The van der Waals surface area contributed by atoms with Gasteiger partial charge in [-0.3, -0.25) is 14.3 Å². The van der Waals surface area contributed by atoms with Gasteiger partial charge in [0, 0.05) is 22.3 Å². The van der Waals surface area contributed by atoms with Crippen LogP contribution >= 0.6 is 11.6 Å². The van der Waals surface area contributed by atoms with Gasteiger partial charge in [-0.2, -0.15) is 0 Å². The zero-order valence-corrected chi connectivity index (χ0v) is 12.6. The molecule has 110 valence electrons. The maximum atomic E-state index is 12.2. The van der Waals surface area contributed by atoms with Crippen molar-refractivity contribution in [3.63, 3.8) is 0 Å². The summed E-state index contributed by atoms with van der Waals surface area (Å²) in [5, 5.41) is 11.3. The molecule has 7 heteroatoms. The topological polar surface area (TPSA) is 86.2 Å². The summed E-state index contributed by atoms with van der Waals surface area (Å²) in [5.41, 5.74) is 6.64. The number of aryl methyl sites for hydroxylation is 1. The summed E-state index contributed by atoms with van der Waals surface area (Å²) in [6.07, 6.45) is 0.353. The number of nitrogens with two attached hydrogens (primary N) is 1. The SMILES string of the molecule is Nc1ccc(S(=O)CCc2ccccc2[N+](=O)[O-])cc1Cl. The van der Waals surface area contributed by atoms with E-state index in [1.54, 1.807) is 36.4 Å². The Labute approximate surface area is 129 Å². The molecule has 0 amide bonds. The Balaban J connectivity index is 2.11. The summed E-state index contributed by atoms with van der Waals surface area (Å²) in [6.45, 7) is 0. The van der Waals surface area contributed by atoms with Gasteiger partial charge in [-0.25, -0.2) is 0 Å². The van der Waals surface area contributed by atoms with E-state index < -0.39 is 15.7 Å². The number of halogens is 1. The molecule has 0 aliphatic rings. The quantitative estimate of drug-likeness (QED) is 0.520. The molecule has 1 atom stereocenters. The Morgan fingerprint density at radius 1 is 1.24 bits per heavy atom. The van der Waals surface area contributed by atoms with Crippen molar-refractivity contribution >= 4 is 33.8 Å². The summed E-state index contributed by atoms with van der Waals surface area (Å²) in [4.78, 5) is 11.0. The molecule has 2 N–H and O–H groups in total. The zero-order valence-electron chi connectivity index (χ0n) is 11.0. The minimum atomic E-state index is -1.29. The minimum Gasteiger partial charge on any atom is -0.398 e. The monoisotopic (exact) mass is 324 g/mol. The zero-order chi connectivity index (χ0) is 15.4. The Hall–Kier alpha value is -1.92. The first-order chi connectivity index (χ1) is 9.99. The van der Waals surface area contributed by atoms with Crippen LogP contribution in [0.4, 0.5) is 11.4 Å². The van der Waals surface area contributed by atoms with Crippen LogP contribution in [0.3, 0.4) is 0 Å². The highest BCUT2D eigenvalue weighted by atomic mass is 35.5. The fourth-order valence-corrected chi connectivity index (χ4v) is 3.23. The first kappa shape index (κ1) is 15.5. The predicted octanol–water partition coefficient (Wildman–Crippen LogP) is 3.18. The van der Waals surface area contributed by atoms with Crippen LogP contribution < -0.4 is 5.73 Å². The second kappa shape index (κ2) is 6.69. The third kappa shape index (κ3) is 3.80. The summed E-state index contributed by atoms with van der Waals surface area (Å²) in [6, 6.07) is 11.3. The molecule has 0 saturated carbocycles. The fourth-order valence-electron chi connectivity index (χ4n) is 1.87. The van der Waals surface area contributed by atoms with Gasteiger partial charge < -0.3 is 5.73 Å². The van der Waals surface area contributed by atoms with Crippen molar-refractivity contribution in [2.45, 2.75) is 11.3 Å². The third-order valence-electron chi connectivity index (χ3n) is 2.98. The summed E-state index contributed by atoms with van der Waals surface area (Å²) < 4.78 is 12.2. The third-order valence-corrected chi connectivity index (χ3v) is 4.66. The van der Waals surface area contributed by atoms with Crippen molar-refractivity contribution in [1.29, 1.82) is 0 Å². The van der Waals surface area contributed by atoms with Gasteiger partial charge in [-0.1, -0.05) is 29.8 Å². The average Bonchev–Trinajstić information content (AvgIpc) is 2.47. The number of hydrogen-bond acceptors (Lipinski definition) is 4. The van der Waals surface area contributed by atoms with E-state index in [2.05, 4.69) is 0 Å². The largest absolute Gasteiger partial charge is 0.398 e. The number of benzene rings is 2. The maximum Gasteiger partial charge on any atom is 0.272 e. The van der Waals surface area contributed by atoms with Crippen LogP contribution in [0, 0.1) is 10.1 Å². The van der Waals surface area contributed by atoms with Crippen molar-refractivity contribution in [3.8, 4) is 0 Å². The molecule has 2 rings (SSSR count). The first-order valence-corrected chi connectivity index (χ1v) is 7.84. The van der Waals surface area contributed by atoms with E-state index in [-0.39, 0.29) is 11.4 Å². The van der Waals surface area contributed by atoms with E-state index in [9.17, 15) is 14.3 Å². The second-order valence-electron chi connectivity index (χ2n) is 4.37. The maximum absolute atomic E-state index is 12.2. The molecule has 2 aromatic rings. The van der Waals surface area contributed by atoms with E-state index in [1.165, 1.54) is 6.07 Å². The molecule has 0 aromatic heterocycles. The van der Waals surface area contributed by atoms with Gasteiger partial charge in [0.2, 0.25) is 0 Å². The van der Waals surface area contributed by atoms with Crippen LogP contribution in [-0.2, 0) is 17.2 Å². The number of nitro benzene ring substituents is 1. The lowest BCUT2D eigenvalue weighted by Gasteiger charge is -2.05. The molecule has 2 aromatic carbocycles. The standard InChI is InChI=1S/C14H13ClN2O3S/c15-12-9-11(5-6-13(12)16)21(20)8-7-10-3-1-2-4-14(10)17(18)19/h1-6,9H,7-8,16H2. The van der Waals surface area contributed by atoms with Gasteiger partial charge in [0.1, 0.15) is 0 Å². The average molecular weight is 325 g/mol. The van der Waals surface area contributed by atoms with Gasteiger partial charge in [0.25, 0.3) is 5.69 Å². The predicted molar refractivity (Wildman–Crippen MR) is 83.9 cm³/mol. The van der Waals surface area contributed by atoms with Crippen LogP contribution in [0.15, 0.2) is 47.4 Å². The van der Waals surface area contributed by atoms with Crippen molar-refractivity contribution in [2.24, 2.45) is 0 Å². The lowest BCUT2D eigenvalue weighted by Crippen LogP contribution is -2.04. The van der Waals surface area contributed by atoms with E-state index in [4.69, 9.17) is 17.3 Å². The van der Waals surface area contributed by atoms with Gasteiger partial charge in [-0.15, -0.1) is 0 Å². The van der Waals surface area contributed by atoms with Crippen molar-refractivity contribution in [2.75, 3.05) is 11.5 Å². The number of anilines is 1. The number of hydrogen-bond donors (Lipinski definition) is 1. The van der Waals surface area contributed by atoms with Crippen LogP contribution in [0.1, 0.15) is 5.56 Å². The lowest BCUT2D eigenvalue weighted by molar-refractivity contribution is -0.385. The molecular weight excluding hydrogens is 312 g/mol. The molecule has 21 heavy (non-hydrogen) atoms. The molecule has 0 bridgehead atoms. The molecule has 0 aliphatic heterocycles.